The van der Waals surface area contributed by atoms with E-state index in [9.17, 15) is 14.4 Å². The van der Waals surface area contributed by atoms with Crippen LogP contribution < -0.4 is 24.4 Å². The quantitative estimate of drug-likeness (QED) is 0.263. The number of carbonyl (C=O) groups is 3. The summed E-state index contributed by atoms with van der Waals surface area (Å²) >= 11 is 6.24. The molecule has 1 N–H and O–H groups in total. The molecular weight excluding hydrogens is 484 g/mol. The Morgan fingerprint density at radius 1 is 0.917 bits per heavy atom. The van der Waals surface area contributed by atoms with Crippen molar-refractivity contribution in [2.45, 2.75) is 13.3 Å². The Balaban J connectivity index is 1.51. The summed E-state index contributed by atoms with van der Waals surface area (Å²) in [5, 5.41) is 2.61. The molecule has 3 aromatic carbocycles. The van der Waals surface area contributed by atoms with Crippen LogP contribution in [0.15, 0.2) is 77.5 Å². The van der Waals surface area contributed by atoms with Gasteiger partial charge in [-0.2, -0.15) is 0 Å². The highest BCUT2D eigenvalue weighted by Crippen LogP contribution is 2.38. The van der Waals surface area contributed by atoms with Crippen molar-refractivity contribution < 1.29 is 28.6 Å². The number of hydrogen-bond donors (Lipinski definition) is 1. The van der Waals surface area contributed by atoms with Gasteiger partial charge in [0, 0.05) is 11.8 Å². The fourth-order valence-corrected chi connectivity index (χ4v) is 3.84. The molecule has 36 heavy (non-hydrogen) atoms. The molecule has 184 valence electrons. The van der Waals surface area contributed by atoms with E-state index in [4.69, 9.17) is 25.8 Å². The predicted octanol–water partition coefficient (Wildman–Crippen LogP) is 4.92. The maximum Gasteiger partial charge on any atom is 0.343 e. The van der Waals surface area contributed by atoms with E-state index in [1.54, 1.807) is 42.5 Å². The first-order chi connectivity index (χ1) is 17.4. The topological polar surface area (TPSA) is 94.2 Å². The monoisotopic (exact) mass is 506 g/mol. The highest BCUT2D eigenvalue weighted by atomic mass is 35.5. The predicted molar refractivity (Wildman–Crippen MR) is 136 cm³/mol. The maximum atomic E-state index is 13.2. The van der Waals surface area contributed by atoms with Gasteiger partial charge in [0.15, 0.2) is 0 Å². The first kappa shape index (κ1) is 24.8. The van der Waals surface area contributed by atoms with Crippen molar-refractivity contribution >= 4 is 40.8 Å². The smallest absolute Gasteiger partial charge is 0.343 e. The van der Waals surface area contributed by atoms with E-state index in [-0.39, 0.29) is 16.4 Å². The van der Waals surface area contributed by atoms with Crippen LogP contribution in [0.5, 0.6) is 17.2 Å². The van der Waals surface area contributed by atoms with Crippen LogP contribution in [0.1, 0.15) is 22.8 Å². The normalized spacial score (nSPS) is 13.2. The third kappa shape index (κ3) is 4.89. The van der Waals surface area contributed by atoms with Gasteiger partial charge in [0.25, 0.3) is 11.8 Å². The molecule has 0 atom stereocenters. The standard InChI is InChI=1S/C27H23ClN2O6/c1-4-16-6-5-7-20(14-16)36-27(33)17-8-10-18(11-9-17)29-24-23(28)25(31)30(26(24)32)21-15-19(34-2)12-13-22(21)35-3/h5-15,29H,4H2,1-3H3. The molecule has 0 aromatic heterocycles. The van der Waals surface area contributed by atoms with Gasteiger partial charge in [0.2, 0.25) is 0 Å². The first-order valence-electron chi connectivity index (χ1n) is 11.0. The fraction of sp³-hybridized carbons (Fsp3) is 0.148. The number of aryl methyl sites for hydroxylation is 1. The van der Waals surface area contributed by atoms with Crippen LogP contribution in [-0.2, 0) is 16.0 Å². The number of benzene rings is 3. The van der Waals surface area contributed by atoms with Gasteiger partial charge in [-0.05, 0) is 60.5 Å². The van der Waals surface area contributed by atoms with Gasteiger partial charge in [0.05, 0.1) is 25.5 Å². The number of methoxy groups -OCH3 is 2. The second-order valence-electron chi connectivity index (χ2n) is 7.77. The molecule has 2 amide bonds. The molecule has 3 aromatic rings. The number of nitrogens with zero attached hydrogens (tertiary/aromatic N) is 1. The Hall–Kier alpha value is -4.30. The Kier molecular flexibility index (Phi) is 7.26. The molecule has 1 aliphatic rings. The van der Waals surface area contributed by atoms with E-state index < -0.39 is 17.8 Å². The zero-order valence-electron chi connectivity index (χ0n) is 19.8. The molecule has 0 saturated carbocycles. The van der Waals surface area contributed by atoms with Crippen LogP contribution in [0, 0.1) is 0 Å². The number of anilines is 2. The third-order valence-corrected chi connectivity index (χ3v) is 5.91. The third-order valence-electron chi connectivity index (χ3n) is 5.56. The van der Waals surface area contributed by atoms with Crippen molar-refractivity contribution in [3.63, 3.8) is 0 Å². The number of nitrogens with one attached hydrogen (secondary N) is 1. The van der Waals surface area contributed by atoms with Crippen molar-refractivity contribution in [2.24, 2.45) is 0 Å². The highest BCUT2D eigenvalue weighted by Gasteiger charge is 2.40. The van der Waals surface area contributed by atoms with E-state index in [1.165, 1.54) is 20.3 Å². The molecule has 0 unspecified atom stereocenters. The lowest BCUT2D eigenvalue weighted by atomic mass is 10.1. The summed E-state index contributed by atoms with van der Waals surface area (Å²) in [5.74, 6) is -0.679. The summed E-state index contributed by atoms with van der Waals surface area (Å²) in [6.45, 7) is 2.02. The fourth-order valence-electron chi connectivity index (χ4n) is 3.63. The van der Waals surface area contributed by atoms with Crippen molar-refractivity contribution in [1.29, 1.82) is 0 Å². The van der Waals surface area contributed by atoms with Gasteiger partial charge in [-0.1, -0.05) is 30.7 Å². The number of rotatable bonds is 8. The molecule has 0 spiro atoms. The molecule has 1 heterocycles. The lowest BCUT2D eigenvalue weighted by Crippen LogP contribution is -2.32. The van der Waals surface area contributed by atoms with Gasteiger partial charge in [-0.15, -0.1) is 0 Å². The number of ether oxygens (including phenoxy) is 3. The Morgan fingerprint density at radius 2 is 1.67 bits per heavy atom. The molecule has 4 rings (SSSR count). The number of carbonyl (C=O) groups excluding carboxylic acids is 3. The molecule has 1 aliphatic heterocycles. The van der Waals surface area contributed by atoms with Crippen LogP contribution in [0.2, 0.25) is 0 Å². The second kappa shape index (κ2) is 10.5. The number of amides is 2. The molecule has 0 saturated heterocycles. The van der Waals surface area contributed by atoms with E-state index in [0.29, 0.717) is 28.5 Å². The Labute approximate surface area is 213 Å². The van der Waals surface area contributed by atoms with Crippen LogP contribution in [0.25, 0.3) is 0 Å². The largest absolute Gasteiger partial charge is 0.497 e. The van der Waals surface area contributed by atoms with Crippen molar-refractivity contribution in [3.8, 4) is 17.2 Å². The van der Waals surface area contributed by atoms with Crippen molar-refractivity contribution in [2.75, 3.05) is 24.4 Å². The summed E-state index contributed by atoms with van der Waals surface area (Å²) in [6.07, 6.45) is 0.827. The Morgan fingerprint density at radius 3 is 2.33 bits per heavy atom. The highest BCUT2D eigenvalue weighted by molar-refractivity contribution is 6.53. The molecule has 9 heteroatoms. The van der Waals surface area contributed by atoms with Crippen LogP contribution >= 0.6 is 11.6 Å². The molecule has 8 nitrogen and oxygen atoms in total. The van der Waals surface area contributed by atoms with Gasteiger partial charge in [-0.3, -0.25) is 9.59 Å². The average molecular weight is 507 g/mol. The number of imide groups is 1. The van der Waals surface area contributed by atoms with E-state index >= 15 is 0 Å². The minimum Gasteiger partial charge on any atom is -0.497 e. The number of esters is 1. The molecule has 0 aliphatic carbocycles. The average Bonchev–Trinajstić information content (AvgIpc) is 3.11. The minimum absolute atomic E-state index is 0.0988. The first-order valence-corrected chi connectivity index (χ1v) is 11.4. The summed E-state index contributed by atoms with van der Waals surface area (Å²) in [5.41, 5.74) is 1.93. The van der Waals surface area contributed by atoms with E-state index in [0.717, 1.165) is 16.9 Å². The lowest BCUT2D eigenvalue weighted by molar-refractivity contribution is -0.120. The van der Waals surface area contributed by atoms with Crippen LogP contribution in [0.4, 0.5) is 11.4 Å². The number of hydrogen-bond acceptors (Lipinski definition) is 7. The van der Waals surface area contributed by atoms with Crippen LogP contribution in [0.3, 0.4) is 0 Å². The van der Waals surface area contributed by atoms with Crippen molar-refractivity contribution in [3.05, 3.63) is 88.6 Å². The summed E-state index contributed by atoms with van der Waals surface area (Å²) in [6, 6.07) is 18.3. The minimum atomic E-state index is -0.703. The van der Waals surface area contributed by atoms with Gasteiger partial charge < -0.3 is 19.5 Å². The van der Waals surface area contributed by atoms with Gasteiger partial charge in [-0.25, -0.2) is 9.69 Å². The van der Waals surface area contributed by atoms with E-state index in [2.05, 4.69) is 5.32 Å². The molecule has 0 fully saturated rings. The van der Waals surface area contributed by atoms with Crippen molar-refractivity contribution in [1.82, 2.24) is 0 Å². The molecule has 0 bridgehead atoms. The van der Waals surface area contributed by atoms with E-state index in [1.807, 2.05) is 25.1 Å². The maximum absolute atomic E-state index is 13.2. The lowest BCUT2D eigenvalue weighted by Gasteiger charge is -2.19. The SMILES string of the molecule is CCc1cccc(OC(=O)c2ccc(NC3=C(Cl)C(=O)N(c4cc(OC)ccc4OC)C3=O)cc2)c1. The second-order valence-corrected chi connectivity index (χ2v) is 8.14. The number of halogens is 1. The Bertz CT molecular complexity index is 1370. The zero-order valence-corrected chi connectivity index (χ0v) is 20.6. The van der Waals surface area contributed by atoms with Crippen LogP contribution in [-0.4, -0.2) is 32.0 Å². The molecular formula is C27H23ClN2O6. The molecule has 0 radical (unpaired) electrons. The summed E-state index contributed by atoms with van der Waals surface area (Å²) < 4.78 is 16.0. The summed E-state index contributed by atoms with van der Waals surface area (Å²) in [7, 11) is 2.90. The zero-order chi connectivity index (χ0) is 25.8. The van der Waals surface area contributed by atoms with Gasteiger partial charge in [0.1, 0.15) is 28.0 Å². The summed E-state index contributed by atoms with van der Waals surface area (Å²) in [4.78, 5) is 39.5. The van der Waals surface area contributed by atoms with Gasteiger partial charge >= 0.3 is 5.97 Å².